The van der Waals surface area contributed by atoms with Crippen LogP contribution in [0.3, 0.4) is 0 Å². The maximum absolute atomic E-state index is 11.2. The fourth-order valence-corrected chi connectivity index (χ4v) is 1.18. The Morgan fingerprint density at radius 2 is 1.94 bits per heavy atom. The average molecular weight is 253 g/mol. The highest BCUT2D eigenvalue weighted by molar-refractivity contribution is 5.78. The highest BCUT2D eigenvalue weighted by Gasteiger charge is 2.13. The number of benzene rings is 1. The summed E-state index contributed by atoms with van der Waals surface area (Å²) in [6.45, 7) is -0.208. The van der Waals surface area contributed by atoms with Crippen molar-refractivity contribution in [2.75, 3.05) is 13.2 Å². The third-order valence-corrected chi connectivity index (χ3v) is 2.12. The minimum absolute atomic E-state index is 0.179. The van der Waals surface area contributed by atoms with Crippen molar-refractivity contribution in [3.05, 3.63) is 35.9 Å². The number of carboxylic acid groups (broad SMARTS) is 1. The SMILES string of the molecule is O=C(COCc1ccccc1)NCC(O)C(=O)O. The molecule has 18 heavy (non-hydrogen) atoms. The number of amides is 1. The van der Waals surface area contributed by atoms with Gasteiger partial charge in [0.2, 0.25) is 5.91 Å². The number of hydrogen-bond donors (Lipinski definition) is 3. The molecule has 1 aromatic carbocycles. The van der Waals surface area contributed by atoms with E-state index in [0.717, 1.165) is 5.56 Å². The Labute approximate surface area is 104 Å². The Hall–Kier alpha value is -1.92. The van der Waals surface area contributed by atoms with Crippen LogP contribution in [0.2, 0.25) is 0 Å². The molecule has 0 spiro atoms. The number of aliphatic hydroxyl groups is 1. The summed E-state index contributed by atoms with van der Waals surface area (Å²) in [5, 5.41) is 19.6. The smallest absolute Gasteiger partial charge is 0.334 e. The predicted molar refractivity (Wildman–Crippen MR) is 62.8 cm³/mol. The van der Waals surface area contributed by atoms with E-state index in [4.69, 9.17) is 14.9 Å². The molecule has 1 amide bonds. The highest BCUT2D eigenvalue weighted by atomic mass is 16.5. The van der Waals surface area contributed by atoms with Crippen molar-refractivity contribution in [3.63, 3.8) is 0 Å². The summed E-state index contributed by atoms with van der Waals surface area (Å²) in [6.07, 6.45) is -1.59. The van der Waals surface area contributed by atoms with E-state index in [1.807, 2.05) is 30.3 Å². The summed E-state index contributed by atoms with van der Waals surface area (Å²) in [7, 11) is 0. The second-order valence-corrected chi connectivity index (χ2v) is 3.64. The van der Waals surface area contributed by atoms with Crippen molar-refractivity contribution in [1.29, 1.82) is 0 Å². The molecule has 0 fully saturated rings. The molecular weight excluding hydrogens is 238 g/mol. The van der Waals surface area contributed by atoms with Gasteiger partial charge >= 0.3 is 5.97 Å². The largest absolute Gasteiger partial charge is 0.479 e. The standard InChI is InChI=1S/C12H15NO5/c14-10(12(16)17)6-13-11(15)8-18-7-9-4-2-1-3-5-9/h1-5,10,14H,6-8H2,(H,13,15)(H,16,17). The second-order valence-electron chi connectivity index (χ2n) is 3.64. The fourth-order valence-electron chi connectivity index (χ4n) is 1.18. The Morgan fingerprint density at radius 1 is 1.28 bits per heavy atom. The average Bonchev–Trinajstić information content (AvgIpc) is 2.37. The van der Waals surface area contributed by atoms with E-state index in [0.29, 0.717) is 6.61 Å². The monoisotopic (exact) mass is 253 g/mol. The van der Waals surface area contributed by atoms with Gasteiger partial charge in [0.15, 0.2) is 6.10 Å². The van der Waals surface area contributed by atoms with Crippen LogP contribution in [-0.4, -0.2) is 41.3 Å². The molecule has 0 aliphatic rings. The minimum Gasteiger partial charge on any atom is -0.479 e. The summed E-state index contributed by atoms with van der Waals surface area (Å²) in [5.74, 6) is -1.84. The topological polar surface area (TPSA) is 95.9 Å². The number of aliphatic hydroxyl groups excluding tert-OH is 1. The fraction of sp³-hybridized carbons (Fsp3) is 0.333. The van der Waals surface area contributed by atoms with E-state index in [9.17, 15) is 9.59 Å². The molecule has 1 atom stereocenters. The van der Waals surface area contributed by atoms with E-state index < -0.39 is 18.0 Å². The van der Waals surface area contributed by atoms with Crippen molar-refractivity contribution in [2.24, 2.45) is 0 Å². The van der Waals surface area contributed by atoms with Gasteiger partial charge in [0, 0.05) is 0 Å². The normalized spacial score (nSPS) is 11.8. The van der Waals surface area contributed by atoms with Crippen LogP contribution >= 0.6 is 0 Å². The maximum Gasteiger partial charge on any atom is 0.334 e. The number of carbonyl (C=O) groups is 2. The van der Waals surface area contributed by atoms with Crippen LogP contribution in [0.15, 0.2) is 30.3 Å². The first-order valence-corrected chi connectivity index (χ1v) is 5.39. The van der Waals surface area contributed by atoms with E-state index in [1.165, 1.54) is 0 Å². The van der Waals surface area contributed by atoms with Gasteiger partial charge in [-0.15, -0.1) is 0 Å². The van der Waals surface area contributed by atoms with Gasteiger partial charge in [0.25, 0.3) is 0 Å². The number of carboxylic acids is 1. The Bertz CT molecular complexity index is 393. The number of hydrogen-bond acceptors (Lipinski definition) is 4. The van der Waals surface area contributed by atoms with Crippen molar-refractivity contribution < 1.29 is 24.5 Å². The lowest BCUT2D eigenvalue weighted by molar-refractivity contribution is -0.146. The van der Waals surface area contributed by atoms with Gasteiger partial charge < -0.3 is 20.3 Å². The summed E-state index contributed by atoms with van der Waals surface area (Å²) < 4.78 is 5.13. The predicted octanol–water partition coefficient (Wildman–Crippen LogP) is -0.235. The molecule has 6 nitrogen and oxygen atoms in total. The zero-order valence-corrected chi connectivity index (χ0v) is 9.70. The first kappa shape index (κ1) is 14.1. The molecular formula is C12H15NO5. The number of ether oxygens (including phenoxy) is 1. The van der Waals surface area contributed by atoms with Gasteiger partial charge in [-0.1, -0.05) is 30.3 Å². The molecule has 3 N–H and O–H groups in total. The molecule has 0 heterocycles. The van der Waals surface area contributed by atoms with Gasteiger partial charge in [-0.2, -0.15) is 0 Å². The zero-order chi connectivity index (χ0) is 13.4. The molecule has 0 saturated carbocycles. The van der Waals surface area contributed by atoms with Crippen LogP contribution in [0.1, 0.15) is 5.56 Å². The molecule has 0 bridgehead atoms. The second kappa shape index (κ2) is 7.41. The van der Waals surface area contributed by atoms with Crippen LogP contribution in [0.5, 0.6) is 0 Å². The summed E-state index contributed by atoms with van der Waals surface area (Å²) >= 11 is 0. The van der Waals surface area contributed by atoms with Crippen LogP contribution in [0, 0.1) is 0 Å². The van der Waals surface area contributed by atoms with Gasteiger partial charge in [-0.05, 0) is 5.56 Å². The molecule has 0 aliphatic carbocycles. The van der Waals surface area contributed by atoms with Crippen LogP contribution in [0.4, 0.5) is 0 Å². The highest BCUT2D eigenvalue weighted by Crippen LogP contribution is 1.99. The van der Waals surface area contributed by atoms with Gasteiger partial charge in [-0.3, -0.25) is 4.79 Å². The number of carbonyl (C=O) groups excluding carboxylic acids is 1. The molecule has 6 heteroatoms. The van der Waals surface area contributed by atoms with Gasteiger partial charge in [-0.25, -0.2) is 4.79 Å². The van der Waals surface area contributed by atoms with E-state index in [-0.39, 0.29) is 13.2 Å². The van der Waals surface area contributed by atoms with Crippen LogP contribution in [0.25, 0.3) is 0 Å². The van der Waals surface area contributed by atoms with Crippen molar-refractivity contribution in [3.8, 4) is 0 Å². The third-order valence-electron chi connectivity index (χ3n) is 2.12. The molecule has 98 valence electrons. The lowest BCUT2D eigenvalue weighted by Gasteiger charge is -2.08. The van der Waals surface area contributed by atoms with Crippen LogP contribution < -0.4 is 5.32 Å². The molecule has 0 saturated heterocycles. The Morgan fingerprint density at radius 3 is 2.56 bits per heavy atom. The number of aliphatic carboxylic acids is 1. The summed E-state index contributed by atoms with van der Waals surface area (Å²) in [6, 6.07) is 9.34. The van der Waals surface area contributed by atoms with E-state index in [1.54, 1.807) is 0 Å². The van der Waals surface area contributed by atoms with E-state index >= 15 is 0 Å². The van der Waals surface area contributed by atoms with Gasteiger partial charge in [0.1, 0.15) is 6.61 Å². The van der Waals surface area contributed by atoms with E-state index in [2.05, 4.69) is 5.32 Å². The Kier molecular flexibility index (Phi) is 5.83. The lowest BCUT2D eigenvalue weighted by atomic mass is 10.2. The van der Waals surface area contributed by atoms with Gasteiger partial charge in [0.05, 0.1) is 13.2 Å². The first-order chi connectivity index (χ1) is 8.59. The molecule has 1 unspecified atom stereocenters. The first-order valence-electron chi connectivity index (χ1n) is 5.39. The summed E-state index contributed by atoms with van der Waals surface area (Å²) in [4.78, 5) is 21.5. The molecule has 0 aromatic heterocycles. The quantitative estimate of drug-likeness (QED) is 0.623. The molecule has 0 aliphatic heterocycles. The minimum atomic E-state index is -1.59. The number of nitrogens with one attached hydrogen (secondary N) is 1. The van der Waals surface area contributed by atoms with Crippen molar-refractivity contribution in [1.82, 2.24) is 5.32 Å². The lowest BCUT2D eigenvalue weighted by Crippen LogP contribution is -2.38. The molecule has 1 rings (SSSR count). The summed E-state index contributed by atoms with van der Waals surface area (Å²) in [5.41, 5.74) is 0.941. The molecule has 0 radical (unpaired) electrons. The molecule has 1 aromatic rings. The van der Waals surface area contributed by atoms with Crippen molar-refractivity contribution in [2.45, 2.75) is 12.7 Å². The Balaban J connectivity index is 2.16. The maximum atomic E-state index is 11.2. The van der Waals surface area contributed by atoms with Crippen molar-refractivity contribution >= 4 is 11.9 Å². The zero-order valence-electron chi connectivity index (χ0n) is 9.70. The number of rotatable bonds is 7. The third kappa shape index (κ3) is 5.42. The van der Waals surface area contributed by atoms with Crippen LogP contribution in [-0.2, 0) is 20.9 Å².